The molecule has 6 heteroatoms. The molecule has 0 spiro atoms. The molecular formula is C12H19N3O2S. The number of hydrogen-bond acceptors (Lipinski definition) is 4. The van der Waals surface area contributed by atoms with Gasteiger partial charge in [-0.1, -0.05) is 24.6 Å². The van der Waals surface area contributed by atoms with Crippen LogP contribution in [-0.4, -0.2) is 32.7 Å². The van der Waals surface area contributed by atoms with Crippen LogP contribution in [0.1, 0.15) is 38.5 Å². The van der Waals surface area contributed by atoms with Crippen LogP contribution in [0.2, 0.25) is 0 Å². The first-order valence-corrected chi connectivity index (χ1v) is 7.64. The van der Waals surface area contributed by atoms with Gasteiger partial charge in [-0.05, 0) is 25.7 Å². The molecule has 5 nitrogen and oxygen atoms in total. The van der Waals surface area contributed by atoms with Crippen molar-refractivity contribution in [1.29, 1.82) is 0 Å². The molecule has 1 unspecified atom stereocenters. The third-order valence-corrected chi connectivity index (χ3v) is 5.03. The zero-order valence-electron chi connectivity index (χ0n) is 10.4. The first kappa shape index (κ1) is 12.3. The molecule has 1 saturated heterocycles. The van der Waals surface area contributed by atoms with Crippen molar-refractivity contribution < 1.29 is 4.74 Å². The van der Waals surface area contributed by atoms with Gasteiger partial charge in [0.1, 0.15) is 0 Å². The highest BCUT2D eigenvalue weighted by Crippen LogP contribution is 2.33. The van der Waals surface area contributed by atoms with E-state index >= 15 is 0 Å². The number of thioether (sulfide) groups is 1. The molecule has 18 heavy (non-hydrogen) atoms. The van der Waals surface area contributed by atoms with E-state index in [4.69, 9.17) is 4.74 Å². The third-order valence-electron chi connectivity index (χ3n) is 3.71. The summed E-state index contributed by atoms with van der Waals surface area (Å²) >= 11 is 1.75. The summed E-state index contributed by atoms with van der Waals surface area (Å²) in [5, 5.41) is 8.18. The Hall–Kier alpha value is -0.750. The van der Waals surface area contributed by atoms with Crippen LogP contribution in [0.25, 0.3) is 0 Å². The van der Waals surface area contributed by atoms with E-state index < -0.39 is 0 Å². The van der Waals surface area contributed by atoms with E-state index in [1.807, 2.05) is 0 Å². The molecule has 0 aromatic carbocycles. The Morgan fingerprint density at radius 2 is 2.17 bits per heavy atom. The van der Waals surface area contributed by atoms with Crippen molar-refractivity contribution in [3.05, 3.63) is 10.5 Å². The van der Waals surface area contributed by atoms with E-state index in [1.165, 1.54) is 25.7 Å². The van der Waals surface area contributed by atoms with Gasteiger partial charge in [0, 0.05) is 11.9 Å². The number of H-pyrrole nitrogens is 1. The first-order chi connectivity index (χ1) is 8.83. The molecule has 2 heterocycles. The molecule has 2 aliphatic rings. The standard InChI is InChI=1S/C12H19N3O2S/c16-11-13-14-12(18-10-5-1-2-6-10)15(11)8-9-4-3-7-17-9/h9-10H,1-8H2,(H,13,16). The van der Waals surface area contributed by atoms with Gasteiger partial charge in [0.15, 0.2) is 5.16 Å². The number of rotatable bonds is 4. The zero-order valence-corrected chi connectivity index (χ0v) is 11.2. The van der Waals surface area contributed by atoms with Crippen LogP contribution >= 0.6 is 11.8 Å². The maximum atomic E-state index is 11.8. The molecule has 0 bridgehead atoms. The highest BCUT2D eigenvalue weighted by molar-refractivity contribution is 7.99. The van der Waals surface area contributed by atoms with Crippen LogP contribution < -0.4 is 5.69 Å². The summed E-state index contributed by atoms with van der Waals surface area (Å²) in [6, 6.07) is 0. The van der Waals surface area contributed by atoms with Crippen LogP contribution in [-0.2, 0) is 11.3 Å². The van der Waals surface area contributed by atoms with Gasteiger partial charge in [-0.15, -0.1) is 5.10 Å². The SMILES string of the molecule is O=c1[nH]nc(SC2CCCC2)n1CC1CCCO1. The van der Waals surface area contributed by atoms with Gasteiger partial charge in [-0.3, -0.25) is 4.57 Å². The highest BCUT2D eigenvalue weighted by atomic mass is 32.2. The summed E-state index contributed by atoms with van der Waals surface area (Å²) in [5.74, 6) is 0. The molecule has 100 valence electrons. The number of nitrogens with zero attached hydrogens (tertiary/aromatic N) is 2. The molecule has 1 aliphatic heterocycles. The van der Waals surface area contributed by atoms with Gasteiger partial charge in [0.05, 0.1) is 12.6 Å². The fraction of sp³-hybridized carbons (Fsp3) is 0.833. The van der Waals surface area contributed by atoms with Gasteiger partial charge in [-0.2, -0.15) is 0 Å². The van der Waals surface area contributed by atoms with Gasteiger partial charge in [0.2, 0.25) is 0 Å². The van der Waals surface area contributed by atoms with Gasteiger partial charge in [0.25, 0.3) is 0 Å². The normalized spacial score (nSPS) is 25.0. The van der Waals surface area contributed by atoms with Crippen molar-refractivity contribution in [2.45, 2.75) is 61.6 Å². The van der Waals surface area contributed by atoms with Crippen LogP contribution in [0.4, 0.5) is 0 Å². The quantitative estimate of drug-likeness (QED) is 0.905. The van der Waals surface area contributed by atoms with E-state index in [9.17, 15) is 4.79 Å². The van der Waals surface area contributed by atoms with Crippen LogP contribution in [0.3, 0.4) is 0 Å². The summed E-state index contributed by atoms with van der Waals surface area (Å²) in [5.41, 5.74) is -0.106. The van der Waals surface area contributed by atoms with Gasteiger partial charge < -0.3 is 4.74 Å². The van der Waals surface area contributed by atoms with Crippen molar-refractivity contribution in [3.8, 4) is 0 Å². The number of aromatic amines is 1. The average Bonchev–Trinajstić information content (AvgIpc) is 3.08. The van der Waals surface area contributed by atoms with E-state index in [1.54, 1.807) is 16.3 Å². The van der Waals surface area contributed by atoms with Crippen molar-refractivity contribution in [2.75, 3.05) is 6.61 Å². The number of nitrogens with one attached hydrogen (secondary N) is 1. The van der Waals surface area contributed by atoms with Crippen molar-refractivity contribution in [3.63, 3.8) is 0 Å². The van der Waals surface area contributed by atoms with Crippen molar-refractivity contribution in [1.82, 2.24) is 14.8 Å². The molecule has 1 aromatic heterocycles. The molecule has 0 amide bonds. The Balaban J connectivity index is 1.70. The lowest BCUT2D eigenvalue weighted by molar-refractivity contribution is 0.0941. The fourth-order valence-electron chi connectivity index (χ4n) is 2.70. The summed E-state index contributed by atoms with van der Waals surface area (Å²) in [6.45, 7) is 1.47. The summed E-state index contributed by atoms with van der Waals surface area (Å²) in [4.78, 5) is 11.8. The second-order valence-corrected chi connectivity index (χ2v) is 6.35. The van der Waals surface area contributed by atoms with E-state index in [0.29, 0.717) is 11.8 Å². The minimum atomic E-state index is -0.106. The molecule has 1 saturated carbocycles. The predicted molar refractivity (Wildman–Crippen MR) is 69.9 cm³/mol. The fourth-order valence-corrected chi connectivity index (χ4v) is 3.95. The Bertz CT molecular complexity index is 444. The van der Waals surface area contributed by atoms with E-state index in [-0.39, 0.29) is 11.8 Å². The Kier molecular flexibility index (Phi) is 3.75. The number of aromatic nitrogens is 3. The van der Waals surface area contributed by atoms with E-state index in [0.717, 1.165) is 24.6 Å². The maximum Gasteiger partial charge on any atom is 0.344 e. The molecule has 1 N–H and O–H groups in total. The van der Waals surface area contributed by atoms with Crippen molar-refractivity contribution >= 4 is 11.8 Å². The van der Waals surface area contributed by atoms with Gasteiger partial charge >= 0.3 is 5.69 Å². The molecule has 3 rings (SSSR count). The monoisotopic (exact) mass is 269 g/mol. The van der Waals surface area contributed by atoms with Crippen LogP contribution in [0.5, 0.6) is 0 Å². The maximum absolute atomic E-state index is 11.8. The Morgan fingerprint density at radius 1 is 1.33 bits per heavy atom. The third kappa shape index (κ3) is 2.64. The molecule has 1 aliphatic carbocycles. The molecular weight excluding hydrogens is 250 g/mol. The second kappa shape index (κ2) is 5.48. The smallest absolute Gasteiger partial charge is 0.344 e. The Labute approximate surface area is 110 Å². The predicted octanol–water partition coefficient (Wildman–Crippen LogP) is 1.79. The van der Waals surface area contributed by atoms with E-state index in [2.05, 4.69) is 10.2 Å². The van der Waals surface area contributed by atoms with Crippen LogP contribution in [0.15, 0.2) is 9.95 Å². The number of ether oxygens (including phenoxy) is 1. The minimum Gasteiger partial charge on any atom is -0.376 e. The summed E-state index contributed by atoms with van der Waals surface area (Å²) < 4.78 is 7.34. The Morgan fingerprint density at radius 3 is 2.89 bits per heavy atom. The van der Waals surface area contributed by atoms with Crippen LogP contribution in [0, 0.1) is 0 Å². The molecule has 2 fully saturated rings. The number of hydrogen-bond donors (Lipinski definition) is 1. The lowest BCUT2D eigenvalue weighted by Crippen LogP contribution is -2.25. The molecule has 0 radical (unpaired) electrons. The topological polar surface area (TPSA) is 59.9 Å². The molecule has 1 aromatic rings. The largest absolute Gasteiger partial charge is 0.376 e. The van der Waals surface area contributed by atoms with Gasteiger partial charge in [-0.25, -0.2) is 9.89 Å². The summed E-state index contributed by atoms with van der Waals surface area (Å²) in [6.07, 6.45) is 7.42. The first-order valence-electron chi connectivity index (χ1n) is 6.76. The lowest BCUT2D eigenvalue weighted by atomic mass is 10.2. The zero-order chi connectivity index (χ0) is 12.4. The lowest BCUT2D eigenvalue weighted by Gasteiger charge is -2.12. The minimum absolute atomic E-state index is 0.106. The molecule has 1 atom stereocenters. The second-order valence-electron chi connectivity index (χ2n) is 5.08. The summed E-state index contributed by atoms with van der Waals surface area (Å²) in [7, 11) is 0. The average molecular weight is 269 g/mol. The highest BCUT2D eigenvalue weighted by Gasteiger charge is 2.23. The van der Waals surface area contributed by atoms with Crippen molar-refractivity contribution in [2.24, 2.45) is 0 Å².